The van der Waals surface area contributed by atoms with Crippen LogP contribution in [0.25, 0.3) is 0 Å². The van der Waals surface area contributed by atoms with E-state index in [1.807, 2.05) is 6.07 Å². The first kappa shape index (κ1) is 16.6. The third kappa shape index (κ3) is 6.14. The molecule has 0 aliphatic rings. The van der Waals surface area contributed by atoms with Crippen LogP contribution in [0.2, 0.25) is 0 Å². The Morgan fingerprint density at radius 2 is 2.05 bits per heavy atom. The van der Waals surface area contributed by atoms with E-state index in [0.717, 1.165) is 0 Å². The van der Waals surface area contributed by atoms with Crippen molar-refractivity contribution in [2.24, 2.45) is 0 Å². The molecule has 0 fully saturated rings. The predicted molar refractivity (Wildman–Crippen MR) is 79.5 cm³/mol. The monoisotopic (exact) mass is 342 g/mol. The molecule has 20 heavy (non-hydrogen) atoms. The maximum atomic E-state index is 12.0. The molecule has 0 bridgehead atoms. The summed E-state index contributed by atoms with van der Waals surface area (Å²) >= 11 is 3.25. The van der Waals surface area contributed by atoms with Crippen LogP contribution in [0.3, 0.4) is 0 Å². The molecule has 1 aromatic heterocycles. The van der Waals surface area contributed by atoms with Crippen LogP contribution >= 0.6 is 15.9 Å². The Labute approximate surface area is 127 Å². The van der Waals surface area contributed by atoms with Crippen molar-refractivity contribution in [3.8, 4) is 0 Å². The van der Waals surface area contributed by atoms with Gasteiger partial charge in [-0.15, -0.1) is 0 Å². The molecule has 1 aromatic rings. The summed E-state index contributed by atoms with van der Waals surface area (Å²) in [5.41, 5.74) is 0.0702. The molecule has 0 radical (unpaired) electrons. The number of nitrogens with one attached hydrogen (secondary N) is 1. The van der Waals surface area contributed by atoms with Crippen LogP contribution in [-0.2, 0) is 16.0 Å². The first-order chi connectivity index (χ1) is 9.17. The lowest BCUT2D eigenvalue weighted by atomic mass is 10.1. The number of nitrogens with zero attached hydrogens (tertiary/aromatic N) is 1. The van der Waals surface area contributed by atoms with Gasteiger partial charge in [0, 0.05) is 5.69 Å². The number of halogens is 1. The molecule has 1 N–H and O–H groups in total. The van der Waals surface area contributed by atoms with Gasteiger partial charge in [-0.25, -0.2) is 9.78 Å². The van der Waals surface area contributed by atoms with Crippen molar-refractivity contribution in [2.75, 3.05) is 0 Å². The lowest BCUT2D eigenvalue weighted by molar-refractivity contribution is -0.120. The molecule has 0 saturated carbocycles. The molecule has 1 rings (SSSR count). The van der Waals surface area contributed by atoms with Gasteiger partial charge in [-0.05, 0) is 55.8 Å². The van der Waals surface area contributed by atoms with Crippen LogP contribution in [0.1, 0.15) is 33.4 Å². The summed E-state index contributed by atoms with van der Waals surface area (Å²) in [6.45, 7) is 6.93. The topological polar surface area (TPSA) is 68.3 Å². The van der Waals surface area contributed by atoms with Crippen LogP contribution in [0.5, 0.6) is 0 Å². The number of pyridine rings is 1. The molecule has 0 unspecified atom stereocenters. The number of ketones is 1. The molecule has 110 valence electrons. The molecule has 0 aliphatic heterocycles. The minimum atomic E-state index is -0.620. The average molecular weight is 343 g/mol. The third-order valence-electron chi connectivity index (χ3n) is 2.34. The fourth-order valence-electron chi connectivity index (χ4n) is 1.45. The van der Waals surface area contributed by atoms with Gasteiger partial charge in [0.15, 0.2) is 5.78 Å². The number of carbonyl (C=O) groups excluding carboxylic acids is 2. The van der Waals surface area contributed by atoms with Crippen molar-refractivity contribution < 1.29 is 14.3 Å². The first-order valence-corrected chi connectivity index (χ1v) is 7.10. The summed E-state index contributed by atoms with van der Waals surface area (Å²) in [6.07, 6.45) is -0.434. The Kier molecular flexibility index (Phi) is 5.68. The quantitative estimate of drug-likeness (QED) is 0.854. The largest absolute Gasteiger partial charge is 0.444 e. The lowest BCUT2D eigenvalue weighted by Gasteiger charge is -2.21. The first-order valence-electron chi connectivity index (χ1n) is 6.31. The van der Waals surface area contributed by atoms with E-state index in [4.69, 9.17) is 4.74 Å². The number of alkyl carbamates (subject to hydrolysis) is 1. The van der Waals surface area contributed by atoms with Crippen LogP contribution in [0.15, 0.2) is 22.8 Å². The number of carbonyl (C=O) groups is 2. The number of Topliss-reactive ketones (excluding diaryl/α,β-unsaturated/α-hetero) is 1. The van der Waals surface area contributed by atoms with Crippen molar-refractivity contribution in [1.29, 1.82) is 0 Å². The van der Waals surface area contributed by atoms with Gasteiger partial charge in [-0.1, -0.05) is 6.07 Å². The molecule has 1 atom stereocenters. The van der Waals surface area contributed by atoms with Crippen molar-refractivity contribution >= 4 is 27.8 Å². The lowest BCUT2D eigenvalue weighted by Crippen LogP contribution is -2.42. The van der Waals surface area contributed by atoms with Crippen molar-refractivity contribution in [2.45, 2.75) is 45.8 Å². The highest BCUT2D eigenvalue weighted by molar-refractivity contribution is 9.10. The minimum absolute atomic E-state index is 0.124. The van der Waals surface area contributed by atoms with Crippen molar-refractivity contribution in [1.82, 2.24) is 10.3 Å². The van der Waals surface area contributed by atoms with Crippen molar-refractivity contribution in [3.05, 3.63) is 28.5 Å². The fourth-order valence-corrected chi connectivity index (χ4v) is 1.83. The Bertz CT molecular complexity index is 497. The highest BCUT2D eigenvalue weighted by Crippen LogP contribution is 2.09. The van der Waals surface area contributed by atoms with Gasteiger partial charge >= 0.3 is 6.09 Å². The van der Waals surface area contributed by atoms with E-state index in [1.165, 1.54) is 0 Å². The molecule has 0 spiro atoms. The zero-order chi connectivity index (χ0) is 15.3. The number of hydrogen-bond acceptors (Lipinski definition) is 4. The summed E-state index contributed by atoms with van der Waals surface area (Å²) < 4.78 is 5.78. The van der Waals surface area contributed by atoms with Crippen LogP contribution in [-0.4, -0.2) is 28.5 Å². The second kappa shape index (κ2) is 6.83. The second-order valence-corrected chi connectivity index (χ2v) is 6.28. The molecule has 1 amide bonds. The standard InChI is InChI=1S/C14H19BrN2O3/c1-9(16-13(19)20-14(2,3)4)11(18)8-10-6-5-7-12(15)17-10/h5-7,9H,8H2,1-4H3,(H,16,19)/t9-/m0/s1. The summed E-state index contributed by atoms with van der Waals surface area (Å²) in [6, 6.07) is 4.75. The molecular weight excluding hydrogens is 324 g/mol. The number of hydrogen-bond donors (Lipinski definition) is 1. The van der Waals surface area contributed by atoms with Gasteiger partial charge in [0.25, 0.3) is 0 Å². The summed E-state index contributed by atoms with van der Waals surface area (Å²) in [7, 11) is 0. The van der Waals surface area contributed by atoms with Gasteiger partial charge in [0.1, 0.15) is 10.2 Å². The van der Waals surface area contributed by atoms with E-state index < -0.39 is 17.7 Å². The normalized spacial score (nSPS) is 12.7. The second-order valence-electron chi connectivity index (χ2n) is 5.46. The SMILES string of the molecule is C[C@H](NC(=O)OC(C)(C)C)C(=O)Cc1cccc(Br)n1. The number of ether oxygens (including phenoxy) is 1. The smallest absolute Gasteiger partial charge is 0.408 e. The predicted octanol–water partition coefficient (Wildman–Crippen LogP) is 2.87. The maximum Gasteiger partial charge on any atom is 0.408 e. The van der Waals surface area contributed by atoms with Crippen LogP contribution in [0.4, 0.5) is 4.79 Å². The van der Waals surface area contributed by atoms with E-state index in [1.54, 1.807) is 39.8 Å². The molecule has 0 aliphatic carbocycles. The Hall–Kier alpha value is -1.43. The van der Waals surface area contributed by atoms with E-state index in [2.05, 4.69) is 26.2 Å². The zero-order valence-corrected chi connectivity index (χ0v) is 13.7. The molecular formula is C14H19BrN2O3. The van der Waals surface area contributed by atoms with E-state index in [0.29, 0.717) is 10.3 Å². The van der Waals surface area contributed by atoms with Gasteiger partial charge in [0.2, 0.25) is 0 Å². The van der Waals surface area contributed by atoms with Crippen molar-refractivity contribution in [3.63, 3.8) is 0 Å². The minimum Gasteiger partial charge on any atom is -0.444 e. The third-order valence-corrected chi connectivity index (χ3v) is 2.79. The fraction of sp³-hybridized carbons (Fsp3) is 0.500. The van der Waals surface area contributed by atoms with Gasteiger partial charge < -0.3 is 10.1 Å². The number of amides is 1. The van der Waals surface area contributed by atoms with Gasteiger partial charge in [-0.2, -0.15) is 0 Å². The van der Waals surface area contributed by atoms with Gasteiger partial charge in [0.05, 0.1) is 12.5 Å². The molecule has 5 nitrogen and oxygen atoms in total. The number of rotatable bonds is 4. The zero-order valence-electron chi connectivity index (χ0n) is 12.1. The van der Waals surface area contributed by atoms with Gasteiger partial charge in [-0.3, -0.25) is 4.79 Å². The molecule has 0 saturated heterocycles. The molecule has 0 aromatic carbocycles. The van der Waals surface area contributed by atoms with Crippen LogP contribution < -0.4 is 5.32 Å². The van der Waals surface area contributed by atoms with E-state index in [-0.39, 0.29) is 12.2 Å². The number of aromatic nitrogens is 1. The highest BCUT2D eigenvalue weighted by atomic mass is 79.9. The Morgan fingerprint density at radius 3 is 2.60 bits per heavy atom. The Balaban J connectivity index is 2.53. The molecule has 6 heteroatoms. The highest BCUT2D eigenvalue weighted by Gasteiger charge is 2.21. The summed E-state index contributed by atoms with van der Waals surface area (Å²) in [5, 5.41) is 2.52. The summed E-state index contributed by atoms with van der Waals surface area (Å²) in [4.78, 5) is 27.8. The molecule has 1 heterocycles. The average Bonchev–Trinajstić information content (AvgIpc) is 2.25. The Morgan fingerprint density at radius 1 is 1.40 bits per heavy atom. The van der Waals surface area contributed by atoms with Crippen LogP contribution in [0, 0.1) is 0 Å². The van der Waals surface area contributed by atoms with E-state index in [9.17, 15) is 9.59 Å². The summed E-state index contributed by atoms with van der Waals surface area (Å²) in [5.74, 6) is -0.124. The maximum absolute atomic E-state index is 12.0. The van der Waals surface area contributed by atoms with E-state index >= 15 is 0 Å².